The van der Waals surface area contributed by atoms with Crippen molar-refractivity contribution in [2.75, 3.05) is 17.2 Å². The number of nitrogens with one attached hydrogen (secondary N) is 2. The Hall–Kier alpha value is -2.57. The van der Waals surface area contributed by atoms with Gasteiger partial charge in [0.15, 0.2) is 5.13 Å². The maximum Gasteiger partial charge on any atom is 0.325 e. The molecule has 0 saturated carbocycles. The summed E-state index contributed by atoms with van der Waals surface area (Å²) in [6.45, 7) is 2.52. The van der Waals surface area contributed by atoms with Crippen molar-refractivity contribution in [3.05, 3.63) is 58.9 Å². The van der Waals surface area contributed by atoms with Gasteiger partial charge in [0, 0.05) is 21.7 Å². The van der Waals surface area contributed by atoms with Crippen LogP contribution in [-0.4, -0.2) is 17.6 Å². The Morgan fingerprint density at radius 2 is 1.92 bits per heavy atom. The van der Waals surface area contributed by atoms with E-state index in [1.165, 1.54) is 11.3 Å². The van der Waals surface area contributed by atoms with Crippen molar-refractivity contribution in [3.63, 3.8) is 0 Å². The average molecular weight is 374 g/mol. The summed E-state index contributed by atoms with van der Waals surface area (Å²) in [5.41, 5.74) is 2.31. The Kier molecular flexibility index (Phi) is 5.53. The summed E-state index contributed by atoms with van der Waals surface area (Å²) < 4.78 is 5.62. The SMILES string of the molecule is CCOc1ccccc1-c1csc(NC(=O)Nc2ccc(Cl)cc2)n1. The van der Waals surface area contributed by atoms with Gasteiger partial charge >= 0.3 is 6.03 Å². The fourth-order valence-corrected chi connectivity index (χ4v) is 3.04. The Morgan fingerprint density at radius 3 is 2.68 bits per heavy atom. The second-order valence-electron chi connectivity index (χ2n) is 5.05. The number of hydrogen-bond acceptors (Lipinski definition) is 4. The van der Waals surface area contributed by atoms with E-state index >= 15 is 0 Å². The monoisotopic (exact) mass is 373 g/mol. The van der Waals surface area contributed by atoms with Crippen molar-refractivity contribution in [1.82, 2.24) is 4.98 Å². The second kappa shape index (κ2) is 8.00. The van der Waals surface area contributed by atoms with Crippen molar-refractivity contribution in [2.45, 2.75) is 6.92 Å². The fourth-order valence-electron chi connectivity index (χ4n) is 2.21. The van der Waals surface area contributed by atoms with E-state index in [1.807, 2.05) is 36.6 Å². The number of aromatic nitrogens is 1. The van der Waals surface area contributed by atoms with Crippen LogP contribution in [0.4, 0.5) is 15.6 Å². The number of para-hydroxylation sites is 1. The van der Waals surface area contributed by atoms with E-state index in [2.05, 4.69) is 15.6 Å². The minimum absolute atomic E-state index is 0.360. The molecule has 7 heteroatoms. The lowest BCUT2D eigenvalue weighted by Gasteiger charge is -2.07. The van der Waals surface area contributed by atoms with Crippen LogP contribution in [0.25, 0.3) is 11.3 Å². The fraction of sp³-hybridized carbons (Fsp3) is 0.111. The summed E-state index contributed by atoms with van der Waals surface area (Å²) in [7, 11) is 0. The third kappa shape index (κ3) is 4.49. The van der Waals surface area contributed by atoms with E-state index in [1.54, 1.807) is 24.3 Å². The molecule has 0 fully saturated rings. The molecule has 2 N–H and O–H groups in total. The molecule has 5 nitrogen and oxygen atoms in total. The van der Waals surface area contributed by atoms with Crippen LogP contribution in [0.5, 0.6) is 5.75 Å². The normalized spacial score (nSPS) is 10.3. The quantitative estimate of drug-likeness (QED) is 0.620. The first-order valence-corrected chi connectivity index (χ1v) is 8.93. The van der Waals surface area contributed by atoms with Gasteiger partial charge in [-0.3, -0.25) is 5.32 Å². The van der Waals surface area contributed by atoms with Gasteiger partial charge in [0.1, 0.15) is 5.75 Å². The third-order valence-corrected chi connectivity index (χ3v) is 4.30. The van der Waals surface area contributed by atoms with Gasteiger partial charge in [0.05, 0.1) is 12.3 Å². The molecule has 0 spiro atoms. The standard InChI is InChI=1S/C18H16ClN3O2S/c1-2-24-16-6-4-3-5-14(16)15-11-25-18(21-15)22-17(23)20-13-9-7-12(19)8-10-13/h3-11H,2H2,1H3,(H2,20,21,22,23). The predicted octanol–water partition coefficient (Wildman–Crippen LogP) is 5.51. The third-order valence-electron chi connectivity index (χ3n) is 3.29. The zero-order valence-electron chi connectivity index (χ0n) is 13.5. The Balaban J connectivity index is 1.69. The largest absolute Gasteiger partial charge is 0.493 e. The molecule has 2 amide bonds. The molecule has 0 unspecified atom stereocenters. The van der Waals surface area contributed by atoms with E-state index < -0.39 is 0 Å². The Morgan fingerprint density at radius 1 is 1.16 bits per heavy atom. The van der Waals surface area contributed by atoms with Gasteiger partial charge in [-0.2, -0.15) is 0 Å². The number of rotatable bonds is 5. The Labute approximate surface area is 154 Å². The van der Waals surface area contributed by atoms with Gasteiger partial charge in [0.2, 0.25) is 0 Å². The topological polar surface area (TPSA) is 63.2 Å². The smallest absolute Gasteiger partial charge is 0.325 e. The highest BCUT2D eigenvalue weighted by molar-refractivity contribution is 7.14. The van der Waals surface area contributed by atoms with Crippen LogP contribution in [0.1, 0.15) is 6.92 Å². The van der Waals surface area contributed by atoms with Crippen LogP contribution in [0, 0.1) is 0 Å². The lowest BCUT2D eigenvalue weighted by Crippen LogP contribution is -2.19. The molecule has 1 heterocycles. The van der Waals surface area contributed by atoms with E-state index in [0.29, 0.717) is 22.4 Å². The maximum absolute atomic E-state index is 12.1. The molecule has 128 valence electrons. The maximum atomic E-state index is 12.1. The number of carbonyl (C=O) groups excluding carboxylic acids is 1. The van der Waals surface area contributed by atoms with Gasteiger partial charge < -0.3 is 10.1 Å². The summed E-state index contributed by atoms with van der Waals surface area (Å²) in [5.74, 6) is 0.771. The molecule has 0 aliphatic heterocycles. The summed E-state index contributed by atoms with van der Waals surface area (Å²) in [4.78, 5) is 16.5. The van der Waals surface area contributed by atoms with Crippen molar-refractivity contribution < 1.29 is 9.53 Å². The highest BCUT2D eigenvalue weighted by Gasteiger charge is 2.11. The number of anilines is 2. The highest BCUT2D eigenvalue weighted by Crippen LogP contribution is 2.32. The number of thiazole rings is 1. The lowest BCUT2D eigenvalue weighted by molar-refractivity contribution is 0.262. The van der Waals surface area contributed by atoms with Gasteiger partial charge in [-0.25, -0.2) is 9.78 Å². The zero-order valence-corrected chi connectivity index (χ0v) is 15.0. The molecular weight excluding hydrogens is 358 g/mol. The number of amides is 2. The number of hydrogen-bond donors (Lipinski definition) is 2. The van der Waals surface area contributed by atoms with E-state index in [9.17, 15) is 4.79 Å². The van der Waals surface area contributed by atoms with Gasteiger partial charge in [-0.15, -0.1) is 11.3 Å². The number of ether oxygens (including phenoxy) is 1. The molecule has 1 aromatic heterocycles. The number of carbonyl (C=O) groups is 1. The summed E-state index contributed by atoms with van der Waals surface area (Å²) >= 11 is 7.18. The molecule has 3 rings (SSSR count). The first-order chi connectivity index (χ1) is 12.2. The first kappa shape index (κ1) is 17.3. The molecule has 2 aromatic carbocycles. The van der Waals surface area contributed by atoms with Gasteiger partial charge in [0.25, 0.3) is 0 Å². The summed E-state index contributed by atoms with van der Waals surface area (Å²) in [5, 5.41) is 8.47. The minimum Gasteiger partial charge on any atom is -0.493 e. The highest BCUT2D eigenvalue weighted by atomic mass is 35.5. The summed E-state index contributed by atoms with van der Waals surface area (Å²) in [6, 6.07) is 14.2. The van der Waals surface area contributed by atoms with Crippen LogP contribution in [0.15, 0.2) is 53.9 Å². The molecule has 0 saturated heterocycles. The van der Waals surface area contributed by atoms with Crippen LogP contribution in [0.3, 0.4) is 0 Å². The van der Waals surface area contributed by atoms with Gasteiger partial charge in [-0.05, 0) is 43.3 Å². The predicted molar refractivity (Wildman–Crippen MR) is 103 cm³/mol. The van der Waals surface area contributed by atoms with Crippen molar-refractivity contribution in [1.29, 1.82) is 0 Å². The van der Waals surface area contributed by atoms with E-state index in [-0.39, 0.29) is 6.03 Å². The average Bonchev–Trinajstić information content (AvgIpc) is 3.06. The van der Waals surface area contributed by atoms with Crippen molar-refractivity contribution in [2.24, 2.45) is 0 Å². The lowest BCUT2D eigenvalue weighted by atomic mass is 10.1. The first-order valence-electron chi connectivity index (χ1n) is 7.67. The number of nitrogens with zero attached hydrogens (tertiary/aromatic N) is 1. The van der Waals surface area contributed by atoms with E-state index in [4.69, 9.17) is 16.3 Å². The second-order valence-corrected chi connectivity index (χ2v) is 6.35. The van der Waals surface area contributed by atoms with Crippen LogP contribution in [-0.2, 0) is 0 Å². The van der Waals surface area contributed by atoms with Crippen molar-refractivity contribution >= 4 is 39.8 Å². The van der Waals surface area contributed by atoms with Crippen LogP contribution < -0.4 is 15.4 Å². The van der Waals surface area contributed by atoms with E-state index in [0.717, 1.165) is 17.0 Å². The minimum atomic E-state index is -0.360. The van der Waals surface area contributed by atoms with Gasteiger partial charge in [-0.1, -0.05) is 23.7 Å². The Bertz CT molecular complexity index is 865. The molecule has 3 aromatic rings. The number of urea groups is 1. The number of benzene rings is 2. The van der Waals surface area contributed by atoms with Crippen LogP contribution in [0.2, 0.25) is 5.02 Å². The molecule has 25 heavy (non-hydrogen) atoms. The summed E-state index contributed by atoms with van der Waals surface area (Å²) in [6.07, 6.45) is 0. The molecule has 0 aliphatic carbocycles. The zero-order chi connectivity index (χ0) is 17.6. The molecule has 0 atom stereocenters. The molecule has 0 bridgehead atoms. The molecule has 0 aliphatic rings. The molecule has 0 radical (unpaired) electrons. The molecular formula is C18H16ClN3O2S. The van der Waals surface area contributed by atoms with Crippen LogP contribution >= 0.6 is 22.9 Å². The number of halogens is 1. The van der Waals surface area contributed by atoms with Crippen molar-refractivity contribution in [3.8, 4) is 17.0 Å².